The first-order valence-electron chi connectivity index (χ1n) is 7.53. The van der Waals surface area contributed by atoms with Crippen molar-refractivity contribution < 1.29 is 9.05 Å². The SMILES string of the molecule is S=P(Oc1cc(Cl)c(Br)cc1Cl)(Oc1cc(Cl)c(Br)cc1Cl)c1ccccc1. The van der Waals surface area contributed by atoms with Crippen LogP contribution >= 0.6 is 84.8 Å². The Morgan fingerprint density at radius 3 is 1.54 bits per heavy atom. The molecular weight excluding hydrogens is 613 g/mol. The molecule has 0 aromatic heterocycles. The first-order valence-corrected chi connectivity index (χ1v) is 13.3. The van der Waals surface area contributed by atoms with Crippen LogP contribution in [0.4, 0.5) is 0 Å². The predicted molar refractivity (Wildman–Crippen MR) is 130 cm³/mol. The maximum Gasteiger partial charge on any atom is 0.319 e. The van der Waals surface area contributed by atoms with Gasteiger partial charge in [0, 0.05) is 21.1 Å². The summed E-state index contributed by atoms with van der Waals surface area (Å²) in [6.07, 6.45) is 0. The maximum atomic E-state index is 6.32. The Hall–Kier alpha value is 0.0300. The van der Waals surface area contributed by atoms with E-state index in [4.69, 9.17) is 67.3 Å². The van der Waals surface area contributed by atoms with Crippen LogP contribution in [0.15, 0.2) is 63.5 Å². The lowest BCUT2D eigenvalue weighted by Gasteiger charge is -2.25. The van der Waals surface area contributed by atoms with Crippen LogP contribution in [-0.2, 0) is 11.8 Å². The topological polar surface area (TPSA) is 18.5 Å². The molecule has 0 aliphatic rings. The van der Waals surface area contributed by atoms with E-state index < -0.39 is 6.49 Å². The van der Waals surface area contributed by atoms with Crippen molar-refractivity contribution in [3.63, 3.8) is 0 Å². The summed E-state index contributed by atoms with van der Waals surface area (Å²) in [6, 6.07) is 15.6. The predicted octanol–water partition coefficient (Wildman–Crippen LogP) is 8.92. The third-order valence-corrected chi connectivity index (χ3v) is 9.33. The number of hydrogen-bond donors (Lipinski definition) is 0. The van der Waals surface area contributed by atoms with Crippen molar-refractivity contribution in [3.05, 3.63) is 83.6 Å². The summed E-state index contributed by atoms with van der Waals surface area (Å²) >= 11 is 37.5. The van der Waals surface area contributed by atoms with Gasteiger partial charge < -0.3 is 9.05 Å². The number of rotatable bonds is 5. The zero-order valence-electron chi connectivity index (χ0n) is 13.6. The maximum absolute atomic E-state index is 6.32. The van der Waals surface area contributed by atoms with Gasteiger partial charge in [0.2, 0.25) is 0 Å². The molecule has 3 rings (SSSR count). The summed E-state index contributed by atoms with van der Waals surface area (Å²) in [7, 11) is 0. The quantitative estimate of drug-likeness (QED) is 0.209. The van der Waals surface area contributed by atoms with Crippen LogP contribution in [0.3, 0.4) is 0 Å². The largest absolute Gasteiger partial charge is 0.431 e. The molecule has 0 heterocycles. The Balaban J connectivity index is 2.09. The second-order valence-electron chi connectivity index (χ2n) is 5.41. The highest BCUT2D eigenvalue weighted by atomic mass is 79.9. The van der Waals surface area contributed by atoms with Gasteiger partial charge in [0.05, 0.1) is 25.4 Å². The molecule has 2 nitrogen and oxygen atoms in total. The minimum atomic E-state index is -3.12. The zero-order chi connectivity index (χ0) is 20.5. The fourth-order valence-corrected chi connectivity index (χ4v) is 6.36. The highest BCUT2D eigenvalue weighted by Crippen LogP contribution is 2.52. The Bertz CT molecular complexity index is 1020. The normalized spacial score (nSPS) is 11.4. The molecule has 0 radical (unpaired) electrons. The lowest BCUT2D eigenvalue weighted by molar-refractivity contribution is 0.499. The van der Waals surface area contributed by atoms with Crippen molar-refractivity contribution in [3.8, 4) is 11.5 Å². The summed E-state index contributed by atoms with van der Waals surface area (Å²) in [5.41, 5.74) is 0. The van der Waals surface area contributed by atoms with Crippen LogP contribution in [0.2, 0.25) is 20.1 Å². The van der Waals surface area contributed by atoms with Crippen LogP contribution in [0.25, 0.3) is 0 Å². The molecule has 0 saturated carbocycles. The van der Waals surface area contributed by atoms with Crippen LogP contribution < -0.4 is 14.4 Å². The van der Waals surface area contributed by atoms with Crippen molar-refractivity contribution in [2.24, 2.45) is 0 Å². The molecule has 0 unspecified atom stereocenters. The molecular formula is C18H9Br2Cl4O2PS. The van der Waals surface area contributed by atoms with Crippen molar-refractivity contribution >= 4 is 102 Å². The van der Waals surface area contributed by atoms with E-state index in [2.05, 4.69) is 31.9 Å². The summed E-state index contributed by atoms with van der Waals surface area (Å²) in [4.78, 5) is 0. The molecule has 28 heavy (non-hydrogen) atoms. The van der Waals surface area contributed by atoms with Crippen molar-refractivity contribution in [2.75, 3.05) is 0 Å². The van der Waals surface area contributed by atoms with Gasteiger partial charge in [-0.05, 0) is 67.9 Å². The number of halogens is 6. The minimum Gasteiger partial charge on any atom is -0.431 e. The Labute approximate surface area is 204 Å². The van der Waals surface area contributed by atoms with Gasteiger partial charge in [-0.25, -0.2) is 0 Å². The van der Waals surface area contributed by atoms with Gasteiger partial charge in [-0.2, -0.15) is 0 Å². The van der Waals surface area contributed by atoms with Gasteiger partial charge >= 0.3 is 6.49 Å². The molecule has 0 fully saturated rings. The van der Waals surface area contributed by atoms with E-state index in [0.29, 0.717) is 45.8 Å². The lowest BCUT2D eigenvalue weighted by Crippen LogP contribution is -2.14. The van der Waals surface area contributed by atoms with E-state index in [0.717, 1.165) is 0 Å². The second kappa shape index (κ2) is 9.45. The van der Waals surface area contributed by atoms with Gasteiger partial charge in [-0.3, -0.25) is 0 Å². The van der Waals surface area contributed by atoms with Crippen LogP contribution in [0.1, 0.15) is 0 Å². The Kier molecular flexibility index (Phi) is 7.66. The fraction of sp³-hybridized carbons (Fsp3) is 0. The average Bonchev–Trinajstić information content (AvgIpc) is 2.65. The van der Waals surface area contributed by atoms with Crippen molar-refractivity contribution in [1.29, 1.82) is 0 Å². The van der Waals surface area contributed by atoms with E-state index in [1.54, 1.807) is 24.3 Å². The van der Waals surface area contributed by atoms with Crippen LogP contribution in [0, 0.1) is 0 Å². The zero-order valence-corrected chi connectivity index (χ0v) is 21.5. The standard InChI is InChI=1S/C18H9Br2Cl4O2PS/c19-11-6-15(23)17(8-13(11)21)25-27(28,10-4-2-1-3-5-10)26-18-9-14(22)12(20)7-16(18)24/h1-9H. The molecule has 0 aliphatic carbocycles. The summed E-state index contributed by atoms with van der Waals surface area (Å²) in [5, 5.41) is 2.21. The van der Waals surface area contributed by atoms with E-state index in [1.165, 1.54) is 0 Å². The first kappa shape index (κ1) is 22.7. The van der Waals surface area contributed by atoms with Gasteiger partial charge in [0.1, 0.15) is 11.5 Å². The van der Waals surface area contributed by atoms with Crippen LogP contribution in [0.5, 0.6) is 11.5 Å². The van der Waals surface area contributed by atoms with E-state index in [9.17, 15) is 0 Å². The Morgan fingerprint density at radius 2 is 1.11 bits per heavy atom. The molecule has 3 aromatic carbocycles. The fourth-order valence-electron chi connectivity index (χ4n) is 2.14. The minimum absolute atomic E-state index is 0.307. The average molecular weight is 622 g/mol. The number of benzene rings is 3. The van der Waals surface area contributed by atoms with Crippen molar-refractivity contribution in [2.45, 2.75) is 0 Å². The van der Waals surface area contributed by atoms with Gasteiger partial charge in [0.15, 0.2) is 0 Å². The first-order chi connectivity index (χ1) is 13.2. The highest BCUT2D eigenvalue weighted by molar-refractivity contribution is 9.10. The summed E-state index contributed by atoms with van der Waals surface area (Å²) in [6.45, 7) is -3.12. The van der Waals surface area contributed by atoms with Gasteiger partial charge in [-0.1, -0.05) is 64.6 Å². The van der Waals surface area contributed by atoms with E-state index in [-0.39, 0.29) is 0 Å². The van der Waals surface area contributed by atoms with Gasteiger partial charge in [-0.15, -0.1) is 0 Å². The van der Waals surface area contributed by atoms with Gasteiger partial charge in [0.25, 0.3) is 0 Å². The monoisotopic (exact) mass is 618 g/mol. The molecule has 0 aliphatic heterocycles. The molecule has 0 bridgehead atoms. The Morgan fingerprint density at radius 1 is 0.679 bits per heavy atom. The number of hydrogen-bond acceptors (Lipinski definition) is 3. The van der Waals surface area contributed by atoms with E-state index >= 15 is 0 Å². The molecule has 0 spiro atoms. The molecule has 0 atom stereocenters. The van der Waals surface area contributed by atoms with Crippen LogP contribution in [-0.4, -0.2) is 0 Å². The smallest absolute Gasteiger partial charge is 0.319 e. The second-order valence-corrected chi connectivity index (χ2v) is 12.1. The lowest BCUT2D eigenvalue weighted by atomic mass is 10.3. The molecule has 0 amide bonds. The molecule has 0 N–H and O–H groups in total. The molecule has 0 saturated heterocycles. The van der Waals surface area contributed by atoms with E-state index in [1.807, 2.05) is 30.3 Å². The summed E-state index contributed by atoms with van der Waals surface area (Å²) < 4.78 is 13.6. The third-order valence-electron chi connectivity index (χ3n) is 3.46. The van der Waals surface area contributed by atoms with Crippen molar-refractivity contribution in [1.82, 2.24) is 0 Å². The molecule has 146 valence electrons. The highest BCUT2D eigenvalue weighted by Gasteiger charge is 2.28. The third kappa shape index (κ3) is 5.19. The summed E-state index contributed by atoms with van der Waals surface area (Å²) in [5.74, 6) is 0.614. The molecule has 10 heteroatoms. The molecule has 3 aromatic rings.